The number of benzene rings is 1. The molecule has 0 bridgehead atoms. The van der Waals surface area contributed by atoms with Crippen molar-refractivity contribution in [1.82, 2.24) is 4.31 Å². The van der Waals surface area contributed by atoms with Crippen LogP contribution in [0.1, 0.15) is 22.3 Å². The SMILES string of the molecule is Cc1cc(C(=O)O)cc(S(=O)(=O)N2CC=CCC2)c1Br. The van der Waals surface area contributed by atoms with Gasteiger partial charge in [-0.3, -0.25) is 0 Å². The maximum Gasteiger partial charge on any atom is 0.335 e. The number of carboxylic acids is 1. The molecule has 0 spiro atoms. The fourth-order valence-corrected chi connectivity index (χ4v) is 4.44. The van der Waals surface area contributed by atoms with Gasteiger partial charge >= 0.3 is 5.97 Å². The van der Waals surface area contributed by atoms with Crippen LogP contribution in [0, 0.1) is 6.92 Å². The molecule has 0 saturated carbocycles. The largest absolute Gasteiger partial charge is 0.478 e. The third kappa shape index (κ3) is 2.79. The van der Waals surface area contributed by atoms with E-state index in [9.17, 15) is 13.2 Å². The second-order valence-corrected chi connectivity index (χ2v) is 7.23. The van der Waals surface area contributed by atoms with E-state index in [0.717, 1.165) is 0 Å². The summed E-state index contributed by atoms with van der Waals surface area (Å²) < 4.78 is 27.0. The van der Waals surface area contributed by atoms with Crippen molar-refractivity contribution in [3.63, 3.8) is 0 Å². The van der Waals surface area contributed by atoms with Crippen molar-refractivity contribution < 1.29 is 18.3 Å². The predicted octanol–water partition coefficient (Wildman–Crippen LogP) is 2.41. The quantitative estimate of drug-likeness (QED) is 0.840. The van der Waals surface area contributed by atoms with Crippen LogP contribution in [-0.2, 0) is 10.0 Å². The lowest BCUT2D eigenvalue weighted by atomic mass is 10.1. The highest BCUT2D eigenvalue weighted by molar-refractivity contribution is 9.10. The van der Waals surface area contributed by atoms with Gasteiger partial charge in [0.1, 0.15) is 0 Å². The zero-order valence-electron chi connectivity index (χ0n) is 10.8. The van der Waals surface area contributed by atoms with E-state index in [1.807, 2.05) is 6.08 Å². The van der Waals surface area contributed by atoms with Crippen LogP contribution < -0.4 is 0 Å². The molecule has 0 atom stereocenters. The topological polar surface area (TPSA) is 74.7 Å². The number of aryl methyl sites for hydroxylation is 1. The molecule has 5 nitrogen and oxygen atoms in total. The van der Waals surface area contributed by atoms with Gasteiger partial charge in [0.15, 0.2) is 0 Å². The number of halogens is 1. The van der Waals surface area contributed by atoms with Crippen LogP contribution in [0.25, 0.3) is 0 Å². The summed E-state index contributed by atoms with van der Waals surface area (Å²) >= 11 is 3.25. The molecule has 108 valence electrons. The van der Waals surface area contributed by atoms with Gasteiger partial charge in [-0.05, 0) is 47.0 Å². The molecule has 0 radical (unpaired) electrons. The Morgan fingerprint density at radius 3 is 2.60 bits per heavy atom. The molecule has 1 aromatic carbocycles. The molecule has 0 fully saturated rings. The predicted molar refractivity (Wildman–Crippen MR) is 78.4 cm³/mol. The van der Waals surface area contributed by atoms with Gasteiger partial charge in [-0.15, -0.1) is 0 Å². The fraction of sp³-hybridized carbons (Fsp3) is 0.308. The number of sulfonamides is 1. The molecular formula is C13H14BrNO4S. The number of nitrogens with zero attached hydrogens (tertiary/aromatic N) is 1. The van der Waals surface area contributed by atoms with E-state index in [0.29, 0.717) is 29.5 Å². The van der Waals surface area contributed by atoms with Crippen molar-refractivity contribution in [3.05, 3.63) is 39.9 Å². The minimum Gasteiger partial charge on any atom is -0.478 e. The van der Waals surface area contributed by atoms with E-state index < -0.39 is 16.0 Å². The summed E-state index contributed by atoms with van der Waals surface area (Å²) in [6, 6.07) is 2.65. The average molecular weight is 360 g/mol. The summed E-state index contributed by atoms with van der Waals surface area (Å²) in [5.41, 5.74) is 0.549. The van der Waals surface area contributed by atoms with Crippen molar-refractivity contribution >= 4 is 31.9 Å². The molecule has 0 unspecified atom stereocenters. The van der Waals surface area contributed by atoms with E-state index in [-0.39, 0.29) is 10.5 Å². The molecule has 1 N–H and O–H groups in total. The Bertz CT molecular complexity index is 682. The van der Waals surface area contributed by atoms with Crippen LogP contribution >= 0.6 is 15.9 Å². The third-order valence-electron chi connectivity index (χ3n) is 3.11. The normalized spacial score (nSPS) is 16.3. The Morgan fingerprint density at radius 2 is 2.05 bits per heavy atom. The van der Waals surface area contributed by atoms with Gasteiger partial charge < -0.3 is 5.11 Å². The molecular weight excluding hydrogens is 346 g/mol. The van der Waals surface area contributed by atoms with E-state index in [1.54, 1.807) is 13.0 Å². The van der Waals surface area contributed by atoms with E-state index in [4.69, 9.17) is 5.11 Å². The molecule has 7 heteroatoms. The van der Waals surface area contributed by atoms with Crippen molar-refractivity contribution in [2.75, 3.05) is 13.1 Å². The van der Waals surface area contributed by atoms with Crippen molar-refractivity contribution in [1.29, 1.82) is 0 Å². The van der Waals surface area contributed by atoms with Gasteiger partial charge in [0, 0.05) is 17.6 Å². The van der Waals surface area contributed by atoms with Crippen molar-refractivity contribution in [3.8, 4) is 0 Å². The lowest BCUT2D eigenvalue weighted by Gasteiger charge is -2.24. The highest BCUT2D eigenvalue weighted by atomic mass is 79.9. The number of hydrogen-bond donors (Lipinski definition) is 1. The molecule has 1 aromatic rings. The van der Waals surface area contributed by atoms with Gasteiger partial charge in [0.05, 0.1) is 10.5 Å². The molecule has 0 aromatic heterocycles. The molecule has 2 rings (SSSR count). The third-order valence-corrected chi connectivity index (χ3v) is 6.31. The number of rotatable bonds is 3. The summed E-state index contributed by atoms with van der Waals surface area (Å²) in [6.07, 6.45) is 4.39. The number of aromatic carboxylic acids is 1. The smallest absolute Gasteiger partial charge is 0.335 e. The summed E-state index contributed by atoms with van der Waals surface area (Å²) in [5, 5.41) is 9.07. The molecule has 1 aliphatic heterocycles. The molecule has 1 heterocycles. The minimum absolute atomic E-state index is 0.00481. The lowest BCUT2D eigenvalue weighted by Crippen LogP contribution is -2.34. The van der Waals surface area contributed by atoms with Crippen molar-refractivity contribution in [2.45, 2.75) is 18.2 Å². The first-order valence-electron chi connectivity index (χ1n) is 6.02. The van der Waals surface area contributed by atoms with Crippen LogP contribution in [0.5, 0.6) is 0 Å². The summed E-state index contributed by atoms with van der Waals surface area (Å²) in [6.45, 7) is 2.39. The van der Waals surface area contributed by atoms with Crippen LogP contribution in [0.15, 0.2) is 33.7 Å². The highest BCUT2D eigenvalue weighted by Crippen LogP contribution is 2.30. The first kappa shape index (κ1) is 15.2. The number of hydrogen-bond acceptors (Lipinski definition) is 3. The van der Waals surface area contributed by atoms with E-state index >= 15 is 0 Å². The van der Waals surface area contributed by atoms with Crippen LogP contribution in [0.4, 0.5) is 0 Å². The second-order valence-electron chi connectivity index (χ2n) is 4.53. The zero-order valence-corrected chi connectivity index (χ0v) is 13.2. The lowest BCUT2D eigenvalue weighted by molar-refractivity contribution is 0.0696. The standard InChI is InChI=1S/C13H14BrNO4S/c1-9-7-10(13(16)17)8-11(12(9)14)20(18,19)15-5-3-2-4-6-15/h2-3,7-8H,4-6H2,1H3,(H,16,17). The molecule has 20 heavy (non-hydrogen) atoms. The molecule has 0 aliphatic carbocycles. The minimum atomic E-state index is -3.70. The van der Waals surface area contributed by atoms with Gasteiger partial charge in [-0.25, -0.2) is 13.2 Å². The number of carboxylic acid groups (broad SMARTS) is 1. The summed E-state index contributed by atoms with van der Waals surface area (Å²) in [4.78, 5) is 11.1. The van der Waals surface area contributed by atoms with Gasteiger partial charge in [0.2, 0.25) is 10.0 Å². The monoisotopic (exact) mass is 359 g/mol. The Balaban J connectivity index is 2.56. The average Bonchev–Trinajstić information content (AvgIpc) is 2.42. The van der Waals surface area contributed by atoms with E-state index in [1.165, 1.54) is 16.4 Å². The maximum absolute atomic E-state index is 12.6. The molecule has 1 aliphatic rings. The van der Waals surface area contributed by atoms with Crippen LogP contribution in [-0.4, -0.2) is 36.9 Å². The Morgan fingerprint density at radius 1 is 1.35 bits per heavy atom. The Hall–Kier alpha value is -1.18. The van der Waals surface area contributed by atoms with E-state index in [2.05, 4.69) is 15.9 Å². The number of carbonyl (C=O) groups is 1. The van der Waals surface area contributed by atoms with Crippen LogP contribution in [0.2, 0.25) is 0 Å². The Kier molecular flexibility index (Phi) is 4.31. The van der Waals surface area contributed by atoms with Gasteiger partial charge in [-0.2, -0.15) is 4.31 Å². The maximum atomic E-state index is 12.6. The zero-order chi connectivity index (χ0) is 14.9. The van der Waals surface area contributed by atoms with Crippen molar-refractivity contribution in [2.24, 2.45) is 0 Å². The fourth-order valence-electron chi connectivity index (χ4n) is 2.03. The van der Waals surface area contributed by atoms with Crippen LogP contribution in [0.3, 0.4) is 0 Å². The highest BCUT2D eigenvalue weighted by Gasteiger charge is 2.28. The Labute approximate surface area is 126 Å². The second kappa shape index (κ2) is 5.67. The summed E-state index contributed by atoms with van der Waals surface area (Å²) in [7, 11) is -3.70. The molecule has 0 amide bonds. The van der Waals surface area contributed by atoms with Gasteiger partial charge in [-0.1, -0.05) is 12.2 Å². The first-order valence-corrected chi connectivity index (χ1v) is 8.26. The first-order chi connectivity index (χ1) is 9.34. The summed E-state index contributed by atoms with van der Waals surface area (Å²) in [5.74, 6) is -1.14. The van der Waals surface area contributed by atoms with Gasteiger partial charge in [0.25, 0.3) is 0 Å². The molecule has 0 saturated heterocycles.